The summed E-state index contributed by atoms with van der Waals surface area (Å²) in [6, 6.07) is 0. The summed E-state index contributed by atoms with van der Waals surface area (Å²) in [6.07, 6.45) is -1.48. The molecule has 1 heterocycles. The fourth-order valence-electron chi connectivity index (χ4n) is 2.59. The second-order valence-corrected chi connectivity index (χ2v) is 8.36. The van der Waals surface area contributed by atoms with Crippen molar-refractivity contribution in [1.29, 1.82) is 5.41 Å². The molecular weight excluding hydrogens is 436 g/mol. The number of amidine groups is 1. The molecule has 1 aliphatic rings. The first kappa shape index (κ1) is 27.7. The van der Waals surface area contributed by atoms with E-state index in [1.165, 1.54) is 12.3 Å². The first-order valence-corrected chi connectivity index (χ1v) is 10.4. The van der Waals surface area contributed by atoms with Gasteiger partial charge in [-0.2, -0.15) is 0 Å². The first-order valence-electron chi connectivity index (χ1n) is 10.4. The van der Waals surface area contributed by atoms with E-state index in [4.69, 9.17) is 30.1 Å². The molecule has 33 heavy (non-hydrogen) atoms. The van der Waals surface area contributed by atoms with Crippen LogP contribution in [0.1, 0.15) is 41.5 Å². The average molecular weight is 469 g/mol. The lowest BCUT2D eigenvalue weighted by Crippen LogP contribution is -2.50. The van der Waals surface area contributed by atoms with Crippen molar-refractivity contribution in [3.8, 4) is 0 Å². The molecule has 184 valence electrons. The molecule has 1 saturated heterocycles. The Bertz CT molecular complexity index is 822. The average Bonchev–Trinajstić information content (AvgIpc) is 2.98. The van der Waals surface area contributed by atoms with Crippen molar-refractivity contribution >= 4 is 23.7 Å². The van der Waals surface area contributed by atoms with E-state index in [2.05, 4.69) is 15.3 Å². The van der Waals surface area contributed by atoms with Crippen molar-refractivity contribution in [3.63, 3.8) is 0 Å². The molecule has 0 aromatic carbocycles. The van der Waals surface area contributed by atoms with Gasteiger partial charge in [0.2, 0.25) is 5.72 Å². The Kier molecular flexibility index (Phi) is 10.1. The van der Waals surface area contributed by atoms with Crippen molar-refractivity contribution in [2.45, 2.75) is 65.7 Å². The second kappa shape index (κ2) is 12.1. The number of hydrogen-bond acceptors (Lipinski definition) is 10. The molecule has 0 aliphatic carbocycles. The molecule has 0 bridgehead atoms. The Morgan fingerprint density at radius 3 is 2.15 bits per heavy atom. The zero-order valence-corrected chi connectivity index (χ0v) is 19.6. The summed E-state index contributed by atoms with van der Waals surface area (Å²) in [4.78, 5) is 39.8. The van der Waals surface area contributed by atoms with E-state index in [0.29, 0.717) is 0 Å². The van der Waals surface area contributed by atoms with Crippen molar-refractivity contribution in [1.82, 2.24) is 5.32 Å². The Morgan fingerprint density at radius 1 is 1.12 bits per heavy atom. The highest BCUT2D eigenvalue weighted by Gasteiger charge is 2.60. The third-order valence-corrected chi connectivity index (χ3v) is 4.44. The van der Waals surface area contributed by atoms with Crippen molar-refractivity contribution < 1.29 is 33.3 Å². The van der Waals surface area contributed by atoms with E-state index in [-0.39, 0.29) is 5.84 Å². The molecule has 4 N–H and O–H groups in total. The topological polar surface area (TPSA) is 199 Å². The predicted molar refractivity (Wildman–Crippen MR) is 116 cm³/mol. The largest absolute Gasteiger partial charge is 0.462 e. The number of nitrogens with two attached hydrogens (primary N) is 1. The third-order valence-electron chi connectivity index (χ3n) is 4.44. The number of azide groups is 1. The number of carbonyl (C=O) groups is 3. The van der Waals surface area contributed by atoms with Gasteiger partial charge < -0.3 is 30.0 Å². The van der Waals surface area contributed by atoms with Gasteiger partial charge in [-0.25, -0.2) is 0 Å². The van der Waals surface area contributed by atoms with Crippen molar-refractivity contribution in [2.75, 3.05) is 6.61 Å². The normalized spacial score (nSPS) is 24.6. The maximum absolute atomic E-state index is 12.5. The number of ether oxygens (including phenoxy) is 4. The van der Waals surface area contributed by atoms with Gasteiger partial charge in [-0.05, 0) is 11.6 Å². The molecule has 0 amide bonds. The van der Waals surface area contributed by atoms with E-state index >= 15 is 0 Å². The number of nitrogens with one attached hydrogen (secondary N) is 2. The van der Waals surface area contributed by atoms with Crippen LogP contribution >= 0.6 is 0 Å². The number of carbonyl (C=O) groups excluding carboxylic acids is 3. The molecule has 0 spiro atoms. The minimum Gasteiger partial charge on any atom is -0.462 e. The van der Waals surface area contributed by atoms with Gasteiger partial charge in [0.25, 0.3) is 0 Å². The van der Waals surface area contributed by atoms with Crippen LogP contribution in [-0.2, 0) is 33.3 Å². The van der Waals surface area contributed by atoms with E-state index in [9.17, 15) is 19.9 Å². The summed E-state index contributed by atoms with van der Waals surface area (Å²) in [5.41, 5.74) is 12.5. The van der Waals surface area contributed by atoms with Crippen LogP contribution in [0.25, 0.3) is 10.4 Å². The van der Waals surface area contributed by atoms with Gasteiger partial charge in [0.15, 0.2) is 18.4 Å². The van der Waals surface area contributed by atoms with Gasteiger partial charge in [-0.3, -0.25) is 19.8 Å². The third kappa shape index (κ3) is 7.65. The lowest BCUT2D eigenvalue weighted by molar-refractivity contribution is -0.182. The molecule has 1 rings (SSSR count). The van der Waals surface area contributed by atoms with Crippen LogP contribution in [0.4, 0.5) is 0 Å². The highest BCUT2D eigenvalue weighted by molar-refractivity contribution is 5.88. The molecule has 0 aromatic heterocycles. The van der Waals surface area contributed by atoms with Crippen LogP contribution in [-0.4, -0.2) is 54.5 Å². The zero-order valence-electron chi connectivity index (χ0n) is 19.6. The van der Waals surface area contributed by atoms with Crippen molar-refractivity contribution in [3.05, 3.63) is 22.7 Å². The minimum absolute atomic E-state index is 0.272. The predicted octanol–water partition coefficient (Wildman–Crippen LogP) is 1.72. The Morgan fingerprint density at radius 2 is 1.67 bits per heavy atom. The number of rotatable bonds is 11. The van der Waals surface area contributed by atoms with Gasteiger partial charge in [-0.1, -0.05) is 46.7 Å². The summed E-state index contributed by atoms with van der Waals surface area (Å²) >= 11 is 0. The van der Waals surface area contributed by atoms with Gasteiger partial charge >= 0.3 is 17.9 Å². The molecular formula is C20H32N6O7. The highest BCUT2D eigenvalue weighted by atomic mass is 16.7. The summed E-state index contributed by atoms with van der Waals surface area (Å²) in [5.74, 6) is -3.79. The smallest absolute Gasteiger partial charge is 0.308 e. The second-order valence-electron chi connectivity index (χ2n) is 8.36. The summed E-state index contributed by atoms with van der Waals surface area (Å²) in [5, 5.41) is 13.7. The lowest BCUT2D eigenvalue weighted by Gasteiger charge is -2.30. The summed E-state index contributed by atoms with van der Waals surface area (Å²) < 4.78 is 22.2. The van der Waals surface area contributed by atoms with E-state index < -0.39 is 66.4 Å². The van der Waals surface area contributed by atoms with Gasteiger partial charge in [0.05, 0.1) is 17.8 Å². The summed E-state index contributed by atoms with van der Waals surface area (Å²) in [6.45, 7) is 9.01. The van der Waals surface area contributed by atoms with Crippen LogP contribution < -0.4 is 11.1 Å². The van der Waals surface area contributed by atoms with Gasteiger partial charge in [-0.15, -0.1) is 0 Å². The van der Waals surface area contributed by atoms with E-state index in [0.717, 1.165) is 0 Å². The van der Waals surface area contributed by atoms with Crippen LogP contribution in [0.15, 0.2) is 17.4 Å². The number of nitrogens with zero attached hydrogens (tertiary/aromatic N) is 3. The SMILES string of the molecule is CC(C)C(=O)OC[C@@]1(N=[N+]=[N-])O[C@@H](N/C=C\C(=N)N)[C@H](OC(=O)C(C)C)[C@@H]1OC(=O)C(C)C. The number of hydrogen-bond donors (Lipinski definition) is 3. The quantitative estimate of drug-likeness (QED) is 0.0768. The van der Waals surface area contributed by atoms with Crippen LogP contribution in [0, 0.1) is 23.2 Å². The number of esters is 3. The fourth-order valence-corrected chi connectivity index (χ4v) is 2.59. The molecule has 1 fully saturated rings. The van der Waals surface area contributed by atoms with Crippen LogP contribution in [0.3, 0.4) is 0 Å². The highest BCUT2D eigenvalue weighted by Crippen LogP contribution is 2.37. The maximum atomic E-state index is 12.5. The van der Waals surface area contributed by atoms with Gasteiger partial charge in [0, 0.05) is 11.1 Å². The first-order chi connectivity index (χ1) is 15.3. The molecule has 1 aliphatic heterocycles. The molecule has 4 atom stereocenters. The zero-order chi connectivity index (χ0) is 25.3. The Balaban J connectivity index is 3.49. The van der Waals surface area contributed by atoms with E-state index in [1.807, 2.05) is 0 Å². The summed E-state index contributed by atoms with van der Waals surface area (Å²) in [7, 11) is 0. The van der Waals surface area contributed by atoms with Crippen LogP contribution in [0.5, 0.6) is 0 Å². The van der Waals surface area contributed by atoms with E-state index in [1.54, 1.807) is 41.5 Å². The minimum atomic E-state index is -2.03. The van der Waals surface area contributed by atoms with Crippen LogP contribution in [0.2, 0.25) is 0 Å². The molecule has 0 radical (unpaired) electrons. The molecule has 0 saturated carbocycles. The molecule has 13 nitrogen and oxygen atoms in total. The standard InChI is InChI=1S/C20H32N6O7/c1-10(2)17(27)30-9-20(25-26-23)15(32-19(29)12(5)6)14(31-18(28)11(3)4)16(33-20)24-8-7-13(21)22/h7-8,10-12,14-16,24H,9H2,1-6H3,(H3,21,22)/b8-7-/t14-,15+,16-,20-/m1/s1. The lowest BCUT2D eigenvalue weighted by atomic mass is 10.0. The molecule has 0 aromatic rings. The fraction of sp³-hybridized carbons (Fsp3) is 0.700. The Hall–Kier alpha value is -3.31. The molecule has 0 unspecified atom stereocenters. The molecule has 13 heteroatoms. The monoisotopic (exact) mass is 468 g/mol. The van der Waals surface area contributed by atoms with Crippen molar-refractivity contribution in [2.24, 2.45) is 28.6 Å². The maximum Gasteiger partial charge on any atom is 0.308 e. The van der Waals surface area contributed by atoms with Gasteiger partial charge in [0.1, 0.15) is 12.4 Å². The Labute approximate surface area is 192 Å².